The van der Waals surface area contributed by atoms with E-state index in [4.69, 9.17) is 4.74 Å². The molecule has 0 fully saturated rings. The van der Waals surface area contributed by atoms with Crippen molar-refractivity contribution in [2.45, 2.75) is 24.6 Å². The van der Waals surface area contributed by atoms with Crippen LogP contribution in [-0.4, -0.2) is 15.0 Å². The van der Waals surface area contributed by atoms with E-state index < -0.39 is 10.0 Å². The van der Waals surface area contributed by atoms with Gasteiger partial charge in [0.1, 0.15) is 9.96 Å². The minimum absolute atomic E-state index is 0.271. The average Bonchev–Trinajstić information content (AvgIpc) is 2.94. The summed E-state index contributed by atoms with van der Waals surface area (Å²) in [6.45, 7) is 4.77. The number of nitrogens with one attached hydrogen (secondary N) is 1. The summed E-state index contributed by atoms with van der Waals surface area (Å²) in [7, 11) is -3.41. The molecule has 2 aromatic rings. The maximum absolute atomic E-state index is 12.0. The molecule has 0 unspecified atom stereocenters. The molecule has 0 saturated heterocycles. The average molecular weight is 311 g/mol. The van der Waals surface area contributed by atoms with Crippen LogP contribution in [0.25, 0.3) is 0 Å². The third-order valence-corrected chi connectivity index (χ3v) is 5.56. The van der Waals surface area contributed by atoms with E-state index in [1.807, 2.05) is 32.0 Å². The minimum Gasteiger partial charge on any atom is -0.494 e. The predicted octanol–water partition coefficient (Wildman–Crippen LogP) is 2.93. The second kappa shape index (κ2) is 6.39. The predicted molar refractivity (Wildman–Crippen MR) is 80.7 cm³/mol. The first-order valence-electron chi connectivity index (χ1n) is 6.28. The van der Waals surface area contributed by atoms with Crippen LogP contribution in [0.15, 0.2) is 39.9 Å². The van der Waals surface area contributed by atoms with Gasteiger partial charge in [0.25, 0.3) is 0 Å². The van der Waals surface area contributed by atoms with Gasteiger partial charge in [0, 0.05) is 6.54 Å². The zero-order valence-electron chi connectivity index (χ0n) is 11.4. The van der Waals surface area contributed by atoms with Gasteiger partial charge >= 0.3 is 0 Å². The Morgan fingerprint density at radius 3 is 2.70 bits per heavy atom. The third kappa shape index (κ3) is 3.59. The zero-order valence-corrected chi connectivity index (χ0v) is 13.1. The second-order valence-electron chi connectivity index (χ2n) is 4.29. The summed E-state index contributed by atoms with van der Waals surface area (Å²) < 4.78 is 32.4. The highest BCUT2D eigenvalue weighted by Crippen LogP contribution is 2.20. The molecule has 0 amide bonds. The standard InChI is InChI=1S/C14H17NO3S2/c1-3-18-13-7-6-12(9-11(13)2)10-15-20(16,17)14-5-4-8-19-14/h4-9,15H,3,10H2,1-2H3. The summed E-state index contributed by atoms with van der Waals surface area (Å²) in [5.74, 6) is 0.831. The number of hydrogen-bond donors (Lipinski definition) is 1. The summed E-state index contributed by atoms with van der Waals surface area (Å²) in [6, 6.07) is 8.99. The number of hydrogen-bond acceptors (Lipinski definition) is 4. The number of ether oxygens (including phenoxy) is 1. The Labute approximate surface area is 123 Å². The second-order valence-corrected chi connectivity index (χ2v) is 7.23. The first-order chi connectivity index (χ1) is 9.53. The van der Waals surface area contributed by atoms with E-state index in [1.165, 1.54) is 11.3 Å². The van der Waals surface area contributed by atoms with Crippen molar-refractivity contribution < 1.29 is 13.2 Å². The van der Waals surface area contributed by atoms with Gasteiger partial charge in [-0.1, -0.05) is 18.2 Å². The van der Waals surface area contributed by atoms with Crippen LogP contribution in [0.3, 0.4) is 0 Å². The van der Waals surface area contributed by atoms with Crippen molar-refractivity contribution in [2.75, 3.05) is 6.61 Å². The molecular weight excluding hydrogens is 294 g/mol. The molecule has 1 N–H and O–H groups in total. The van der Waals surface area contributed by atoms with Gasteiger partial charge in [0.05, 0.1) is 6.61 Å². The lowest BCUT2D eigenvalue weighted by Gasteiger charge is -2.10. The van der Waals surface area contributed by atoms with Crippen molar-refractivity contribution in [3.05, 3.63) is 46.8 Å². The lowest BCUT2D eigenvalue weighted by atomic mass is 10.1. The maximum atomic E-state index is 12.0. The Morgan fingerprint density at radius 1 is 1.30 bits per heavy atom. The van der Waals surface area contributed by atoms with Crippen LogP contribution < -0.4 is 9.46 Å². The van der Waals surface area contributed by atoms with E-state index in [-0.39, 0.29) is 6.54 Å². The lowest BCUT2D eigenvalue weighted by molar-refractivity contribution is 0.338. The highest BCUT2D eigenvalue weighted by molar-refractivity contribution is 7.91. The Bertz CT molecular complexity index is 664. The van der Waals surface area contributed by atoms with Crippen LogP contribution in [-0.2, 0) is 16.6 Å². The quantitative estimate of drug-likeness (QED) is 0.892. The van der Waals surface area contributed by atoms with E-state index in [2.05, 4.69) is 4.72 Å². The van der Waals surface area contributed by atoms with E-state index in [1.54, 1.807) is 17.5 Å². The molecule has 0 aliphatic heterocycles. The molecule has 1 aromatic carbocycles. The van der Waals surface area contributed by atoms with E-state index in [9.17, 15) is 8.42 Å². The summed E-state index contributed by atoms with van der Waals surface area (Å²) >= 11 is 1.21. The number of sulfonamides is 1. The third-order valence-electron chi connectivity index (χ3n) is 2.77. The molecule has 108 valence electrons. The van der Waals surface area contributed by atoms with Crippen molar-refractivity contribution in [1.29, 1.82) is 0 Å². The maximum Gasteiger partial charge on any atom is 0.250 e. The molecule has 2 rings (SSSR count). The van der Waals surface area contributed by atoms with Gasteiger partial charge in [-0.05, 0) is 42.5 Å². The normalized spacial score (nSPS) is 11.5. The molecule has 0 aliphatic rings. The molecule has 4 nitrogen and oxygen atoms in total. The van der Waals surface area contributed by atoms with Gasteiger partial charge in [-0.15, -0.1) is 11.3 Å². The van der Waals surface area contributed by atoms with Crippen LogP contribution in [0, 0.1) is 6.92 Å². The SMILES string of the molecule is CCOc1ccc(CNS(=O)(=O)c2cccs2)cc1C. The molecular formula is C14H17NO3S2. The molecule has 0 aliphatic carbocycles. The van der Waals surface area contributed by atoms with Gasteiger partial charge in [-0.3, -0.25) is 0 Å². The Balaban J connectivity index is 2.06. The highest BCUT2D eigenvalue weighted by atomic mass is 32.2. The molecule has 1 aromatic heterocycles. The van der Waals surface area contributed by atoms with Crippen LogP contribution in [0.5, 0.6) is 5.75 Å². The Kier molecular flexibility index (Phi) is 4.80. The van der Waals surface area contributed by atoms with Crippen LogP contribution in [0.2, 0.25) is 0 Å². The van der Waals surface area contributed by atoms with Crippen molar-refractivity contribution in [1.82, 2.24) is 4.72 Å². The summed E-state index contributed by atoms with van der Waals surface area (Å²) in [4.78, 5) is 0. The first-order valence-corrected chi connectivity index (χ1v) is 8.64. The van der Waals surface area contributed by atoms with Crippen LogP contribution in [0.4, 0.5) is 0 Å². The molecule has 0 atom stereocenters. The first kappa shape index (κ1) is 15.0. The van der Waals surface area contributed by atoms with Crippen LogP contribution in [0.1, 0.15) is 18.1 Å². The fourth-order valence-corrected chi connectivity index (χ4v) is 3.86. The largest absolute Gasteiger partial charge is 0.494 e. The zero-order chi connectivity index (χ0) is 14.6. The van der Waals surface area contributed by atoms with Crippen molar-refractivity contribution in [3.8, 4) is 5.75 Å². The van der Waals surface area contributed by atoms with Gasteiger partial charge < -0.3 is 4.74 Å². The Morgan fingerprint density at radius 2 is 2.10 bits per heavy atom. The smallest absolute Gasteiger partial charge is 0.250 e. The fourth-order valence-electron chi connectivity index (χ4n) is 1.80. The molecule has 0 spiro atoms. The monoisotopic (exact) mass is 311 g/mol. The van der Waals surface area contributed by atoms with Gasteiger partial charge in [0.15, 0.2) is 0 Å². The molecule has 20 heavy (non-hydrogen) atoms. The summed E-state index contributed by atoms with van der Waals surface area (Å²) in [5.41, 5.74) is 1.91. The Hall–Kier alpha value is -1.37. The molecule has 1 heterocycles. The van der Waals surface area contributed by atoms with Crippen molar-refractivity contribution in [3.63, 3.8) is 0 Å². The van der Waals surface area contributed by atoms with Crippen LogP contribution >= 0.6 is 11.3 Å². The highest BCUT2D eigenvalue weighted by Gasteiger charge is 2.14. The summed E-state index contributed by atoms with van der Waals surface area (Å²) in [6.07, 6.45) is 0. The summed E-state index contributed by atoms with van der Waals surface area (Å²) in [5, 5.41) is 1.75. The number of aryl methyl sites for hydroxylation is 1. The van der Waals surface area contributed by atoms with E-state index in [0.29, 0.717) is 10.8 Å². The van der Waals surface area contributed by atoms with Crippen molar-refractivity contribution in [2.24, 2.45) is 0 Å². The van der Waals surface area contributed by atoms with E-state index in [0.717, 1.165) is 16.9 Å². The molecule has 6 heteroatoms. The number of thiophene rings is 1. The molecule has 0 radical (unpaired) electrons. The minimum atomic E-state index is -3.41. The molecule has 0 bridgehead atoms. The van der Waals surface area contributed by atoms with Crippen molar-refractivity contribution >= 4 is 21.4 Å². The number of rotatable bonds is 6. The van der Waals surface area contributed by atoms with Gasteiger partial charge in [-0.25, -0.2) is 13.1 Å². The lowest BCUT2D eigenvalue weighted by Crippen LogP contribution is -2.22. The van der Waals surface area contributed by atoms with E-state index >= 15 is 0 Å². The topological polar surface area (TPSA) is 55.4 Å². The van der Waals surface area contributed by atoms with Gasteiger partial charge in [-0.2, -0.15) is 0 Å². The molecule has 0 saturated carbocycles. The van der Waals surface area contributed by atoms with Gasteiger partial charge in [0.2, 0.25) is 10.0 Å². The fraction of sp³-hybridized carbons (Fsp3) is 0.286. The number of benzene rings is 1.